The monoisotopic (exact) mass is 491 g/mol. The number of carbonyl (C=O) groups is 2. The summed E-state index contributed by atoms with van der Waals surface area (Å²) in [7, 11) is 3.11. The quantitative estimate of drug-likeness (QED) is 0.233. The average Bonchev–Trinajstić information content (AvgIpc) is 2.88. The SMILES string of the molecule is COc1ccc(-c2ccnc(/C=C(\N)C(=O)Nc3ccc(OC(=O)C(N)C(C)C)cc3)n2)cc1OC. The Morgan fingerprint density at radius 2 is 1.69 bits per heavy atom. The van der Waals surface area contributed by atoms with Gasteiger partial charge in [-0.25, -0.2) is 14.8 Å². The molecule has 0 spiro atoms. The highest BCUT2D eigenvalue weighted by Gasteiger charge is 2.19. The van der Waals surface area contributed by atoms with Gasteiger partial charge >= 0.3 is 5.97 Å². The summed E-state index contributed by atoms with van der Waals surface area (Å²) in [6.45, 7) is 3.67. The summed E-state index contributed by atoms with van der Waals surface area (Å²) in [6, 6.07) is 12.7. The van der Waals surface area contributed by atoms with Gasteiger partial charge in [0.15, 0.2) is 17.3 Å². The number of ether oxygens (including phenoxy) is 3. The lowest BCUT2D eigenvalue weighted by molar-refractivity contribution is -0.136. The average molecular weight is 492 g/mol. The number of rotatable bonds is 9. The molecule has 0 aliphatic rings. The molecule has 0 aliphatic heterocycles. The molecule has 1 amide bonds. The van der Waals surface area contributed by atoms with Crippen LogP contribution in [0.2, 0.25) is 0 Å². The van der Waals surface area contributed by atoms with E-state index in [-0.39, 0.29) is 17.4 Å². The van der Waals surface area contributed by atoms with E-state index in [2.05, 4.69) is 15.3 Å². The van der Waals surface area contributed by atoms with Crippen LogP contribution in [0.1, 0.15) is 19.7 Å². The lowest BCUT2D eigenvalue weighted by Gasteiger charge is -2.14. The van der Waals surface area contributed by atoms with Crippen molar-refractivity contribution in [3.8, 4) is 28.5 Å². The van der Waals surface area contributed by atoms with Crippen LogP contribution in [0.5, 0.6) is 17.2 Å². The van der Waals surface area contributed by atoms with Crippen LogP contribution in [0.3, 0.4) is 0 Å². The van der Waals surface area contributed by atoms with Crippen molar-refractivity contribution < 1.29 is 23.8 Å². The molecule has 0 aliphatic carbocycles. The van der Waals surface area contributed by atoms with Crippen molar-refractivity contribution in [2.75, 3.05) is 19.5 Å². The Hall–Kier alpha value is -4.44. The topological polar surface area (TPSA) is 152 Å². The molecule has 10 nitrogen and oxygen atoms in total. The van der Waals surface area contributed by atoms with Gasteiger partial charge in [0, 0.05) is 23.5 Å². The van der Waals surface area contributed by atoms with Crippen LogP contribution < -0.4 is 31.0 Å². The Balaban J connectivity index is 1.69. The molecule has 2 aromatic carbocycles. The lowest BCUT2D eigenvalue weighted by atomic mass is 10.1. The van der Waals surface area contributed by atoms with Crippen LogP contribution in [-0.4, -0.2) is 42.1 Å². The highest BCUT2D eigenvalue weighted by Crippen LogP contribution is 2.31. The molecule has 0 bridgehead atoms. The Morgan fingerprint density at radius 1 is 1.00 bits per heavy atom. The second-order valence-corrected chi connectivity index (χ2v) is 8.14. The van der Waals surface area contributed by atoms with Crippen molar-refractivity contribution in [1.29, 1.82) is 0 Å². The lowest BCUT2D eigenvalue weighted by Crippen LogP contribution is -2.38. The Kier molecular flexibility index (Phi) is 8.58. The van der Waals surface area contributed by atoms with Gasteiger partial charge in [-0.2, -0.15) is 0 Å². The summed E-state index contributed by atoms with van der Waals surface area (Å²) >= 11 is 0. The smallest absolute Gasteiger partial charge is 0.328 e. The van der Waals surface area contributed by atoms with Gasteiger partial charge in [-0.1, -0.05) is 13.8 Å². The summed E-state index contributed by atoms with van der Waals surface area (Å²) in [4.78, 5) is 33.2. The Bertz CT molecular complexity index is 1260. The van der Waals surface area contributed by atoms with Crippen LogP contribution in [-0.2, 0) is 9.59 Å². The highest BCUT2D eigenvalue weighted by atomic mass is 16.5. The van der Waals surface area contributed by atoms with Crippen LogP contribution >= 0.6 is 0 Å². The number of anilines is 1. The van der Waals surface area contributed by atoms with Crippen molar-refractivity contribution in [3.63, 3.8) is 0 Å². The van der Waals surface area contributed by atoms with E-state index in [4.69, 9.17) is 25.7 Å². The number of nitrogens with two attached hydrogens (primary N) is 2. The molecular formula is C26H29N5O5. The number of nitrogens with zero attached hydrogens (tertiary/aromatic N) is 2. The van der Waals surface area contributed by atoms with E-state index in [0.717, 1.165) is 5.56 Å². The van der Waals surface area contributed by atoms with E-state index >= 15 is 0 Å². The summed E-state index contributed by atoms with van der Waals surface area (Å²) in [5.74, 6) is 0.631. The Morgan fingerprint density at radius 3 is 2.33 bits per heavy atom. The number of amides is 1. The molecule has 10 heteroatoms. The van der Waals surface area contributed by atoms with Gasteiger partial charge in [-0.05, 0) is 54.4 Å². The predicted octanol–water partition coefficient (Wildman–Crippen LogP) is 2.99. The third-order valence-electron chi connectivity index (χ3n) is 5.22. The van der Waals surface area contributed by atoms with Crippen molar-refractivity contribution in [3.05, 3.63) is 66.2 Å². The van der Waals surface area contributed by atoms with Crippen molar-refractivity contribution in [2.45, 2.75) is 19.9 Å². The molecule has 1 atom stereocenters. The fourth-order valence-electron chi connectivity index (χ4n) is 3.07. The molecule has 0 saturated heterocycles. The van der Waals surface area contributed by atoms with E-state index in [9.17, 15) is 9.59 Å². The normalized spacial score (nSPS) is 12.1. The van der Waals surface area contributed by atoms with Crippen LogP contribution in [0.15, 0.2) is 60.4 Å². The van der Waals surface area contributed by atoms with Crippen molar-refractivity contribution in [2.24, 2.45) is 17.4 Å². The third-order valence-corrected chi connectivity index (χ3v) is 5.22. The number of hydrogen-bond acceptors (Lipinski definition) is 9. The van der Waals surface area contributed by atoms with E-state index < -0.39 is 17.9 Å². The minimum Gasteiger partial charge on any atom is -0.493 e. The number of benzene rings is 2. The van der Waals surface area contributed by atoms with Crippen LogP contribution in [0, 0.1) is 5.92 Å². The summed E-state index contributed by atoms with van der Waals surface area (Å²) in [6.07, 6.45) is 2.95. The van der Waals surface area contributed by atoms with Gasteiger partial charge in [-0.3, -0.25) is 4.79 Å². The molecule has 1 aromatic heterocycles. The molecule has 0 radical (unpaired) electrons. The number of nitrogens with one attached hydrogen (secondary N) is 1. The van der Waals surface area contributed by atoms with E-state index in [0.29, 0.717) is 28.6 Å². The van der Waals surface area contributed by atoms with Gasteiger partial charge in [-0.15, -0.1) is 0 Å². The van der Waals surface area contributed by atoms with Crippen molar-refractivity contribution >= 4 is 23.6 Å². The van der Waals surface area contributed by atoms with E-state index in [1.54, 1.807) is 62.9 Å². The second-order valence-electron chi connectivity index (χ2n) is 8.14. The van der Waals surface area contributed by atoms with Crippen molar-refractivity contribution in [1.82, 2.24) is 9.97 Å². The zero-order valence-corrected chi connectivity index (χ0v) is 20.5. The molecular weight excluding hydrogens is 462 g/mol. The third kappa shape index (κ3) is 6.57. The Labute approximate surface area is 209 Å². The molecule has 1 heterocycles. The van der Waals surface area contributed by atoms with Gasteiger partial charge in [0.05, 0.1) is 19.9 Å². The molecule has 0 fully saturated rings. The molecule has 188 valence electrons. The van der Waals surface area contributed by atoms with Gasteiger partial charge in [0.25, 0.3) is 5.91 Å². The standard InChI is InChI=1S/C26H29N5O5/c1-15(2)24(28)26(33)36-18-8-6-17(7-9-18)30-25(32)19(27)14-23-29-12-11-20(31-23)16-5-10-21(34-3)22(13-16)35-4/h5-15,24H,27-28H2,1-4H3,(H,30,32)/b19-14-. The van der Waals surface area contributed by atoms with Gasteiger partial charge in [0.2, 0.25) is 0 Å². The molecule has 0 saturated carbocycles. The first-order valence-electron chi connectivity index (χ1n) is 11.1. The largest absolute Gasteiger partial charge is 0.493 e. The number of hydrogen-bond donors (Lipinski definition) is 3. The predicted molar refractivity (Wildman–Crippen MR) is 136 cm³/mol. The fraction of sp³-hybridized carbons (Fsp3) is 0.231. The number of aromatic nitrogens is 2. The van der Waals surface area contributed by atoms with Gasteiger partial charge < -0.3 is 31.0 Å². The van der Waals surface area contributed by atoms with E-state index in [1.165, 1.54) is 6.08 Å². The zero-order valence-electron chi connectivity index (χ0n) is 20.5. The first-order chi connectivity index (χ1) is 17.2. The zero-order chi connectivity index (χ0) is 26.2. The molecule has 36 heavy (non-hydrogen) atoms. The minimum atomic E-state index is -0.721. The maximum Gasteiger partial charge on any atom is 0.328 e. The summed E-state index contributed by atoms with van der Waals surface area (Å²) < 4.78 is 15.9. The fourth-order valence-corrected chi connectivity index (χ4v) is 3.07. The molecule has 1 unspecified atom stereocenters. The molecule has 3 rings (SSSR count). The van der Waals surface area contributed by atoms with Crippen LogP contribution in [0.4, 0.5) is 5.69 Å². The van der Waals surface area contributed by atoms with E-state index in [1.807, 2.05) is 19.9 Å². The molecule has 3 aromatic rings. The molecule has 5 N–H and O–H groups in total. The van der Waals surface area contributed by atoms with Gasteiger partial charge in [0.1, 0.15) is 17.5 Å². The first kappa shape index (κ1) is 26.2. The summed E-state index contributed by atoms with van der Waals surface area (Å²) in [5.41, 5.74) is 13.5. The highest BCUT2D eigenvalue weighted by molar-refractivity contribution is 6.05. The maximum absolute atomic E-state index is 12.6. The first-order valence-corrected chi connectivity index (χ1v) is 11.1. The summed E-state index contributed by atoms with van der Waals surface area (Å²) in [5, 5.41) is 2.67. The minimum absolute atomic E-state index is 0.0467. The number of carbonyl (C=O) groups excluding carboxylic acids is 2. The second kappa shape index (κ2) is 11.8. The van der Waals surface area contributed by atoms with Crippen LogP contribution in [0.25, 0.3) is 17.3 Å². The number of methoxy groups -OCH3 is 2. The maximum atomic E-state index is 12.6. The number of esters is 1.